The van der Waals surface area contributed by atoms with Gasteiger partial charge in [0.15, 0.2) is 6.61 Å². The van der Waals surface area contributed by atoms with Crippen LogP contribution in [-0.2, 0) is 14.4 Å². The summed E-state index contributed by atoms with van der Waals surface area (Å²) >= 11 is 0. The van der Waals surface area contributed by atoms with Crippen molar-refractivity contribution < 1.29 is 14.4 Å². The summed E-state index contributed by atoms with van der Waals surface area (Å²) in [4.78, 5) is 26.6. The Labute approximate surface area is 89.3 Å². The first-order valence-corrected chi connectivity index (χ1v) is 4.58. The minimum Gasteiger partial charge on any atom is -0.368 e. The van der Waals surface area contributed by atoms with Gasteiger partial charge in [-0.1, -0.05) is 0 Å². The molecule has 0 aliphatic carbocycles. The molecule has 2 amide bonds. The smallest absolute Gasteiger partial charge is 0.251 e. The van der Waals surface area contributed by atoms with Gasteiger partial charge in [-0.2, -0.15) is 0 Å². The van der Waals surface area contributed by atoms with Gasteiger partial charge in [0.1, 0.15) is 0 Å². The van der Waals surface area contributed by atoms with E-state index >= 15 is 0 Å². The van der Waals surface area contributed by atoms with Crippen LogP contribution in [0.25, 0.3) is 0 Å². The number of hydrogen-bond acceptors (Lipinski definition) is 4. The number of amides is 2. The van der Waals surface area contributed by atoms with E-state index in [0.29, 0.717) is 0 Å². The molecule has 0 aromatic carbocycles. The molecule has 0 radical (unpaired) electrons. The second kappa shape index (κ2) is 4.59. The van der Waals surface area contributed by atoms with Crippen LogP contribution in [0, 0.1) is 5.41 Å². The zero-order chi connectivity index (χ0) is 12.3. The van der Waals surface area contributed by atoms with E-state index < -0.39 is 22.8 Å². The van der Waals surface area contributed by atoms with E-state index in [2.05, 4.69) is 10.3 Å². The molecule has 15 heavy (non-hydrogen) atoms. The van der Waals surface area contributed by atoms with E-state index in [9.17, 15) is 9.59 Å². The predicted octanol–water partition coefficient (Wildman–Crippen LogP) is -0.717. The molecule has 0 aromatic rings. The second-order valence-corrected chi connectivity index (χ2v) is 4.53. The van der Waals surface area contributed by atoms with Crippen molar-refractivity contribution in [1.29, 1.82) is 0 Å². The van der Waals surface area contributed by atoms with Crippen LogP contribution in [0.1, 0.15) is 27.7 Å². The van der Waals surface area contributed by atoms with Gasteiger partial charge in [0, 0.05) is 5.54 Å². The number of hydroxylamine groups is 1. The lowest BCUT2D eigenvalue weighted by molar-refractivity contribution is -0.147. The summed E-state index contributed by atoms with van der Waals surface area (Å²) in [6.07, 6.45) is 0. The number of nitrogens with one attached hydrogen (secondary N) is 1. The Morgan fingerprint density at radius 1 is 1.27 bits per heavy atom. The average Bonchev–Trinajstić information content (AvgIpc) is 2.01. The van der Waals surface area contributed by atoms with Gasteiger partial charge >= 0.3 is 0 Å². The molecule has 0 rings (SSSR count). The third kappa shape index (κ3) is 3.85. The second-order valence-electron chi connectivity index (χ2n) is 4.53. The molecule has 88 valence electrons. The van der Waals surface area contributed by atoms with Crippen LogP contribution in [0.5, 0.6) is 0 Å². The maximum atomic E-state index is 11.6. The molecule has 6 nitrogen and oxygen atoms in total. The Morgan fingerprint density at radius 3 is 2.07 bits per heavy atom. The first-order valence-electron chi connectivity index (χ1n) is 4.58. The first-order chi connectivity index (χ1) is 6.59. The van der Waals surface area contributed by atoms with Crippen molar-refractivity contribution in [3.8, 4) is 0 Å². The number of carbonyl (C=O) groups is 2. The predicted molar refractivity (Wildman–Crippen MR) is 55.3 cm³/mol. The highest BCUT2D eigenvalue weighted by molar-refractivity contribution is 5.82. The van der Waals surface area contributed by atoms with Gasteiger partial charge in [0.05, 0.1) is 5.41 Å². The van der Waals surface area contributed by atoms with E-state index in [1.54, 1.807) is 27.7 Å². The van der Waals surface area contributed by atoms with E-state index in [4.69, 9.17) is 11.5 Å². The van der Waals surface area contributed by atoms with Crippen LogP contribution < -0.4 is 16.9 Å². The Bertz CT molecular complexity index is 256. The van der Waals surface area contributed by atoms with E-state index in [0.717, 1.165) is 0 Å². The molecule has 0 aromatic heterocycles. The highest BCUT2D eigenvalue weighted by Crippen LogP contribution is 2.28. The van der Waals surface area contributed by atoms with Crippen molar-refractivity contribution in [1.82, 2.24) is 5.48 Å². The Hall–Kier alpha value is -1.14. The van der Waals surface area contributed by atoms with E-state index in [1.807, 2.05) is 0 Å². The molecule has 0 aliphatic heterocycles. The highest BCUT2D eigenvalue weighted by Gasteiger charge is 2.40. The van der Waals surface area contributed by atoms with Crippen molar-refractivity contribution in [2.75, 3.05) is 6.61 Å². The normalized spacial score (nSPS) is 12.3. The van der Waals surface area contributed by atoms with Crippen molar-refractivity contribution in [2.24, 2.45) is 16.9 Å². The summed E-state index contributed by atoms with van der Waals surface area (Å²) in [5.74, 6) is -1.05. The van der Waals surface area contributed by atoms with Gasteiger partial charge in [-0.3, -0.25) is 14.4 Å². The van der Waals surface area contributed by atoms with Crippen LogP contribution in [0.4, 0.5) is 0 Å². The lowest BCUT2D eigenvalue weighted by Gasteiger charge is -2.36. The largest absolute Gasteiger partial charge is 0.368 e. The van der Waals surface area contributed by atoms with Gasteiger partial charge in [0.2, 0.25) is 5.91 Å². The monoisotopic (exact) mass is 217 g/mol. The average molecular weight is 217 g/mol. The van der Waals surface area contributed by atoms with Crippen molar-refractivity contribution >= 4 is 11.8 Å². The number of primary amides is 1. The zero-order valence-corrected chi connectivity index (χ0v) is 9.59. The Kier molecular flexibility index (Phi) is 4.24. The lowest BCUT2D eigenvalue weighted by atomic mass is 9.75. The number of carbonyl (C=O) groups excluding carboxylic acids is 2. The van der Waals surface area contributed by atoms with Crippen LogP contribution in [0.15, 0.2) is 0 Å². The lowest BCUT2D eigenvalue weighted by Crippen LogP contribution is -2.55. The number of hydrogen-bond donors (Lipinski definition) is 3. The summed E-state index contributed by atoms with van der Waals surface area (Å²) in [5.41, 5.74) is 11.3. The fourth-order valence-corrected chi connectivity index (χ4v) is 0.593. The van der Waals surface area contributed by atoms with Crippen molar-refractivity contribution in [3.63, 3.8) is 0 Å². The first kappa shape index (κ1) is 13.9. The van der Waals surface area contributed by atoms with Gasteiger partial charge in [-0.15, -0.1) is 0 Å². The van der Waals surface area contributed by atoms with Crippen molar-refractivity contribution in [3.05, 3.63) is 0 Å². The summed E-state index contributed by atoms with van der Waals surface area (Å²) < 4.78 is 0. The molecule has 0 heterocycles. The maximum Gasteiger partial charge on any atom is 0.251 e. The summed E-state index contributed by atoms with van der Waals surface area (Å²) in [6.45, 7) is 6.50. The standard InChI is InChI=1S/C9H19N3O3/c1-8(2,9(3,4)11)7(14)12-15-5-6(10)13/h5,11H2,1-4H3,(H2,10,13)(H,12,14). The molecule has 6 heteroatoms. The summed E-state index contributed by atoms with van der Waals surface area (Å²) in [7, 11) is 0. The number of nitrogens with two attached hydrogens (primary N) is 2. The third-order valence-corrected chi connectivity index (χ3v) is 2.56. The minimum absolute atomic E-state index is 0.354. The maximum absolute atomic E-state index is 11.6. The molecule has 0 spiro atoms. The van der Waals surface area contributed by atoms with Crippen LogP contribution in [0.2, 0.25) is 0 Å². The van der Waals surface area contributed by atoms with Crippen LogP contribution in [0.3, 0.4) is 0 Å². The molecule has 0 aliphatic rings. The van der Waals surface area contributed by atoms with E-state index in [1.165, 1.54) is 0 Å². The van der Waals surface area contributed by atoms with Gasteiger partial charge in [-0.25, -0.2) is 5.48 Å². The third-order valence-electron chi connectivity index (χ3n) is 2.56. The van der Waals surface area contributed by atoms with Gasteiger partial charge in [0.25, 0.3) is 5.91 Å². The summed E-state index contributed by atoms with van der Waals surface area (Å²) in [6, 6.07) is 0. The topological polar surface area (TPSA) is 107 Å². The Balaban J connectivity index is 4.27. The molecule has 0 saturated carbocycles. The van der Waals surface area contributed by atoms with Crippen LogP contribution >= 0.6 is 0 Å². The van der Waals surface area contributed by atoms with Gasteiger partial charge < -0.3 is 11.5 Å². The Morgan fingerprint density at radius 2 is 1.73 bits per heavy atom. The highest BCUT2D eigenvalue weighted by atomic mass is 16.7. The minimum atomic E-state index is -0.815. The fraction of sp³-hybridized carbons (Fsp3) is 0.778. The molecule has 0 unspecified atom stereocenters. The zero-order valence-electron chi connectivity index (χ0n) is 9.59. The molecule has 0 atom stereocenters. The molecule has 5 N–H and O–H groups in total. The molecule has 0 fully saturated rings. The summed E-state index contributed by atoms with van der Waals surface area (Å²) in [5, 5.41) is 0. The fourth-order valence-electron chi connectivity index (χ4n) is 0.593. The van der Waals surface area contributed by atoms with Crippen LogP contribution in [-0.4, -0.2) is 24.0 Å². The van der Waals surface area contributed by atoms with E-state index in [-0.39, 0.29) is 6.61 Å². The quantitative estimate of drug-likeness (QED) is 0.528. The molecular weight excluding hydrogens is 198 g/mol. The van der Waals surface area contributed by atoms with Gasteiger partial charge in [-0.05, 0) is 27.7 Å². The molecule has 0 saturated heterocycles. The van der Waals surface area contributed by atoms with Crippen molar-refractivity contribution in [2.45, 2.75) is 33.2 Å². The SMILES string of the molecule is CC(C)(N)C(C)(C)C(=O)NOCC(N)=O. The molecule has 0 bridgehead atoms. The number of rotatable bonds is 5. The molecular formula is C9H19N3O3.